The van der Waals surface area contributed by atoms with Gasteiger partial charge in [0.1, 0.15) is 23.0 Å². The van der Waals surface area contributed by atoms with Crippen LogP contribution in [0.15, 0.2) is 72.8 Å². The molecule has 0 radical (unpaired) electrons. The van der Waals surface area contributed by atoms with Gasteiger partial charge in [-0.05, 0) is 94.4 Å². The highest BCUT2D eigenvalue weighted by Gasteiger charge is 2.40. The molecular formula is C48H70O5Si2. The lowest BCUT2D eigenvalue weighted by Crippen LogP contribution is -2.60. The minimum Gasteiger partial charge on any atom is -0.494 e. The van der Waals surface area contributed by atoms with Crippen LogP contribution in [0.3, 0.4) is 0 Å². The molecule has 7 heteroatoms. The summed E-state index contributed by atoms with van der Waals surface area (Å²) in [5.41, 5.74) is 3.96. The minimum absolute atomic E-state index is 0.219. The zero-order valence-electron chi connectivity index (χ0n) is 37.0. The second-order valence-electron chi connectivity index (χ2n) is 18.5. The van der Waals surface area contributed by atoms with Crippen LogP contribution < -0.4 is 39.7 Å². The summed E-state index contributed by atoms with van der Waals surface area (Å²) >= 11 is 0. The van der Waals surface area contributed by atoms with Crippen molar-refractivity contribution < 1.29 is 23.1 Å². The summed E-state index contributed by atoms with van der Waals surface area (Å²) in [6, 6.07) is 26.4. The average Bonchev–Trinajstić information content (AvgIpc) is 3.07. The predicted octanol–water partition coefficient (Wildman–Crippen LogP) is 8.86. The molecule has 0 atom stereocenters. The topological polar surface area (TPSA) is 46.2 Å². The number of ether oxygens (including phenoxy) is 4. The van der Waals surface area contributed by atoms with Crippen LogP contribution in [0.2, 0.25) is 0 Å². The first-order valence-electron chi connectivity index (χ1n) is 20.4. The first-order valence-corrected chi connectivity index (χ1v) is 23.7. The highest BCUT2D eigenvalue weighted by Crippen LogP contribution is 2.36. The summed E-state index contributed by atoms with van der Waals surface area (Å²) in [6.45, 7) is 38.1. The molecule has 0 N–H and O–H groups in total. The summed E-state index contributed by atoms with van der Waals surface area (Å²) in [6.07, 6.45) is 0. The lowest BCUT2D eigenvalue weighted by molar-refractivity contribution is 0.330. The van der Waals surface area contributed by atoms with E-state index < -0.39 is 18.1 Å². The van der Waals surface area contributed by atoms with E-state index in [9.17, 15) is 0 Å². The van der Waals surface area contributed by atoms with Crippen molar-refractivity contribution in [2.24, 2.45) is 0 Å². The Morgan fingerprint density at radius 3 is 0.709 bits per heavy atom. The Labute approximate surface area is 337 Å². The lowest BCUT2D eigenvalue weighted by atomic mass is 9.86. The van der Waals surface area contributed by atoms with E-state index in [1.54, 1.807) is 0 Å². The van der Waals surface area contributed by atoms with E-state index in [2.05, 4.69) is 184 Å². The van der Waals surface area contributed by atoms with E-state index in [0.717, 1.165) is 23.0 Å². The Morgan fingerprint density at radius 2 is 0.545 bits per heavy atom. The van der Waals surface area contributed by atoms with E-state index in [-0.39, 0.29) is 21.7 Å². The first kappa shape index (κ1) is 44.2. The van der Waals surface area contributed by atoms with Gasteiger partial charge in [0.2, 0.25) is 18.1 Å². The molecule has 0 spiro atoms. The fourth-order valence-corrected chi connectivity index (χ4v) is 16.7. The molecule has 5 nitrogen and oxygen atoms in total. The third-order valence-corrected chi connectivity index (χ3v) is 16.2. The Kier molecular flexibility index (Phi) is 14.2. The Bertz CT molecular complexity index is 1620. The van der Waals surface area contributed by atoms with E-state index in [4.69, 9.17) is 23.1 Å². The highest BCUT2D eigenvalue weighted by molar-refractivity contribution is 6.92. The molecule has 55 heavy (non-hydrogen) atoms. The van der Waals surface area contributed by atoms with Crippen LogP contribution in [-0.4, -0.2) is 44.5 Å². The smallest absolute Gasteiger partial charge is 0.229 e. The van der Waals surface area contributed by atoms with Crippen LogP contribution in [0.4, 0.5) is 0 Å². The summed E-state index contributed by atoms with van der Waals surface area (Å²) < 4.78 is 34.2. The summed E-state index contributed by atoms with van der Waals surface area (Å²) in [4.78, 5) is 0. The SMILES string of the molecule is CCOc1cccc([SiH](O[SiH](c2cccc(OCC)c2C(C)(C)C)c2cccc(OCC)c2C(C)(C)C)c2cccc(OCC)c2C(C)(C)C)c1C(C)(C)C. The second kappa shape index (κ2) is 17.7. The molecule has 0 aliphatic carbocycles. The van der Waals surface area contributed by atoms with Gasteiger partial charge in [-0.3, -0.25) is 0 Å². The zero-order chi connectivity index (χ0) is 40.9. The molecule has 0 aliphatic heterocycles. The molecule has 300 valence electrons. The molecule has 0 unspecified atom stereocenters. The lowest BCUT2D eigenvalue weighted by Gasteiger charge is -2.37. The van der Waals surface area contributed by atoms with Crippen molar-refractivity contribution in [2.75, 3.05) is 26.4 Å². The van der Waals surface area contributed by atoms with Crippen LogP contribution in [0.5, 0.6) is 23.0 Å². The van der Waals surface area contributed by atoms with E-state index in [1.165, 1.54) is 43.0 Å². The van der Waals surface area contributed by atoms with Gasteiger partial charge < -0.3 is 23.1 Å². The molecule has 0 saturated carbocycles. The number of benzene rings is 4. The van der Waals surface area contributed by atoms with Crippen LogP contribution in [-0.2, 0) is 25.8 Å². The van der Waals surface area contributed by atoms with Crippen molar-refractivity contribution in [1.29, 1.82) is 0 Å². The Balaban J connectivity index is 2.28. The predicted molar refractivity (Wildman–Crippen MR) is 239 cm³/mol. The van der Waals surface area contributed by atoms with Gasteiger partial charge in [-0.15, -0.1) is 0 Å². The second-order valence-corrected chi connectivity index (χ2v) is 23.6. The number of hydrogen-bond donors (Lipinski definition) is 0. The van der Waals surface area contributed by atoms with E-state index in [1.807, 2.05) is 0 Å². The van der Waals surface area contributed by atoms with Gasteiger partial charge in [0.15, 0.2) is 0 Å². The standard InChI is InChI=1S/C48H70O5Si2/c1-17-49-33-25-21-29-37(41(33)45(5,6)7)54(38-30-22-26-34(50-18-2)42(38)46(8,9)10)53-55(39-31-23-27-35(51-19-3)43(39)47(11,12)13)40-32-24-28-36(52-20-4)44(40)48(14,15)16/h21-32,54-55H,17-20H2,1-16H3. The van der Waals surface area contributed by atoms with Crippen LogP contribution in [0, 0.1) is 0 Å². The molecule has 4 aromatic rings. The van der Waals surface area contributed by atoms with Gasteiger partial charge in [0.05, 0.1) is 26.4 Å². The maximum absolute atomic E-state index is 8.33. The van der Waals surface area contributed by atoms with Gasteiger partial charge in [-0.25, -0.2) is 0 Å². The van der Waals surface area contributed by atoms with Gasteiger partial charge >= 0.3 is 0 Å². The zero-order valence-corrected chi connectivity index (χ0v) is 39.3. The third kappa shape index (κ3) is 10.1. The van der Waals surface area contributed by atoms with Crippen molar-refractivity contribution in [3.63, 3.8) is 0 Å². The fraction of sp³-hybridized carbons (Fsp3) is 0.500. The summed E-state index contributed by atoms with van der Waals surface area (Å²) in [7, 11) is -5.25. The summed E-state index contributed by atoms with van der Waals surface area (Å²) in [5.74, 6) is 3.69. The minimum atomic E-state index is -2.63. The number of hydrogen-bond acceptors (Lipinski definition) is 5. The van der Waals surface area contributed by atoms with Crippen LogP contribution in [0.1, 0.15) is 133 Å². The fourth-order valence-electron chi connectivity index (χ4n) is 8.14. The maximum Gasteiger partial charge on any atom is 0.229 e. The highest BCUT2D eigenvalue weighted by atomic mass is 28.4. The third-order valence-electron chi connectivity index (χ3n) is 9.84. The monoisotopic (exact) mass is 782 g/mol. The molecule has 0 aromatic heterocycles. The molecule has 0 aliphatic rings. The Morgan fingerprint density at radius 1 is 0.345 bits per heavy atom. The molecule has 0 heterocycles. The van der Waals surface area contributed by atoms with Crippen molar-refractivity contribution in [1.82, 2.24) is 0 Å². The number of rotatable bonds is 14. The molecule has 4 rings (SSSR count). The van der Waals surface area contributed by atoms with E-state index >= 15 is 0 Å². The quantitative estimate of drug-likeness (QED) is 0.120. The van der Waals surface area contributed by atoms with Crippen molar-refractivity contribution >= 4 is 38.8 Å². The molecule has 0 fully saturated rings. The van der Waals surface area contributed by atoms with Gasteiger partial charge in [-0.1, -0.05) is 132 Å². The first-order chi connectivity index (χ1) is 25.7. The summed E-state index contributed by atoms with van der Waals surface area (Å²) in [5, 5.41) is 4.97. The Hall–Kier alpha value is -3.53. The molecule has 0 amide bonds. The van der Waals surface area contributed by atoms with Crippen LogP contribution >= 0.6 is 0 Å². The molecule has 0 saturated heterocycles. The maximum atomic E-state index is 8.33. The van der Waals surface area contributed by atoms with Gasteiger partial charge in [-0.2, -0.15) is 0 Å². The van der Waals surface area contributed by atoms with E-state index in [0.29, 0.717) is 26.4 Å². The van der Waals surface area contributed by atoms with Crippen molar-refractivity contribution in [2.45, 2.75) is 132 Å². The van der Waals surface area contributed by atoms with Gasteiger partial charge in [0.25, 0.3) is 0 Å². The molecular weight excluding hydrogens is 713 g/mol. The van der Waals surface area contributed by atoms with Crippen molar-refractivity contribution in [3.05, 3.63) is 95.1 Å². The van der Waals surface area contributed by atoms with Gasteiger partial charge in [0, 0.05) is 22.3 Å². The normalized spacial score (nSPS) is 12.7. The van der Waals surface area contributed by atoms with Crippen LogP contribution in [0.25, 0.3) is 0 Å². The average molecular weight is 783 g/mol. The largest absolute Gasteiger partial charge is 0.494 e. The molecule has 0 bridgehead atoms. The van der Waals surface area contributed by atoms with Crippen molar-refractivity contribution in [3.8, 4) is 23.0 Å². The molecule has 4 aromatic carbocycles.